The minimum absolute atomic E-state index is 0.0679. The second-order valence-electron chi connectivity index (χ2n) is 7.58. The van der Waals surface area contributed by atoms with Crippen molar-refractivity contribution in [3.8, 4) is 11.3 Å². The molecule has 5 heteroatoms. The van der Waals surface area contributed by atoms with Gasteiger partial charge in [-0.25, -0.2) is 9.50 Å². The molecule has 27 heavy (non-hydrogen) atoms. The quantitative estimate of drug-likeness (QED) is 0.700. The molecule has 0 bridgehead atoms. The lowest BCUT2D eigenvalue weighted by atomic mass is 10.0. The summed E-state index contributed by atoms with van der Waals surface area (Å²) < 4.78 is 1.77. The predicted octanol–water partition coefficient (Wildman–Crippen LogP) is 4.47. The predicted molar refractivity (Wildman–Crippen MR) is 107 cm³/mol. The highest BCUT2D eigenvalue weighted by atomic mass is 16.1. The number of carbonyl (C=O) groups excluding carboxylic acids is 1. The molecule has 1 N–H and O–H groups in total. The standard InChI is InChI=1S/C22H26N4O/c1-15-9-10-17(13-16(15)2)20-11-12-23-21-19(14-24-26(20)21)22(27)25-18-7-5-3-4-6-8-18/h9-14,18H,3-8H2,1-2H3,(H,25,27). The Morgan fingerprint density at radius 3 is 2.59 bits per heavy atom. The third kappa shape index (κ3) is 3.59. The van der Waals surface area contributed by atoms with E-state index in [9.17, 15) is 4.79 Å². The van der Waals surface area contributed by atoms with Crippen LogP contribution in [0.25, 0.3) is 16.9 Å². The lowest BCUT2D eigenvalue weighted by molar-refractivity contribution is 0.0935. The van der Waals surface area contributed by atoms with Crippen LogP contribution in [0.15, 0.2) is 36.7 Å². The van der Waals surface area contributed by atoms with Gasteiger partial charge in [-0.1, -0.05) is 37.8 Å². The number of amides is 1. The van der Waals surface area contributed by atoms with Crippen LogP contribution in [0, 0.1) is 13.8 Å². The zero-order valence-electron chi connectivity index (χ0n) is 16.0. The monoisotopic (exact) mass is 362 g/mol. The normalized spacial score (nSPS) is 15.6. The zero-order chi connectivity index (χ0) is 18.8. The van der Waals surface area contributed by atoms with Crippen molar-refractivity contribution >= 4 is 11.6 Å². The molecular weight excluding hydrogens is 336 g/mol. The number of rotatable bonds is 3. The van der Waals surface area contributed by atoms with E-state index in [-0.39, 0.29) is 11.9 Å². The maximum Gasteiger partial charge on any atom is 0.256 e. The second-order valence-corrected chi connectivity index (χ2v) is 7.58. The molecule has 140 valence electrons. The molecule has 0 saturated heterocycles. The average Bonchev–Trinajstić information content (AvgIpc) is 2.94. The minimum atomic E-state index is -0.0679. The largest absolute Gasteiger partial charge is 0.349 e. The first kappa shape index (κ1) is 17.7. The highest BCUT2D eigenvalue weighted by Gasteiger charge is 2.20. The van der Waals surface area contributed by atoms with Crippen molar-refractivity contribution in [3.05, 3.63) is 53.3 Å². The van der Waals surface area contributed by atoms with Gasteiger partial charge in [0.2, 0.25) is 0 Å². The molecule has 1 aliphatic carbocycles. The Bertz CT molecular complexity index is 968. The van der Waals surface area contributed by atoms with E-state index in [4.69, 9.17) is 0 Å². The van der Waals surface area contributed by atoms with E-state index < -0.39 is 0 Å². The van der Waals surface area contributed by atoms with Gasteiger partial charge in [0.15, 0.2) is 5.65 Å². The molecule has 4 rings (SSSR count). The van der Waals surface area contributed by atoms with E-state index in [1.807, 2.05) is 6.07 Å². The van der Waals surface area contributed by atoms with Gasteiger partial charge in [0, 0.05) is 17.8 Å². The Morgan fingerprint density at radius 1 is 1.07 bits per heavy atom. The number of hydrogen-bond donors (Lipinski definition) is 1. The summed E-state index contributed by atoms with van der Waals surface area (Å²) in [6.07, 6.45) is 10.4. The van der Waals surface area contributed by atoms with Gasteiger partial charge in [-0.2, -0.15) is 5.10 Å². The Morgan fingerprint density at radius 2 is 1.85 bits per heavy atom. The average molecular weight is 362 g/mol. The van der Waals surface area contributed by atoms with Gasteiger partial charge in [0.1, 0.15) is 5.56 Å². The number of nitrogens with zero attached hydrogens (tertiary/aromatic N) is 3. The maximum absolute atomic E-state index is 12.8. The van der Waals surface area contributed by atoms with Gasteiger partial charge in [-0.3, -0.25) is 4.79 Å². The van der Waals surface area contributed by atoms with Crippen LogP contribution in [0.4, 0.5) is 0 Å². The van der Waals surface area contributed by atoms with Gasteiger partial charge in [-0.05, 0) is 49.9 Å². The Balaban J connectivity index is 1.65. The van der Waals surface area contributed by atoms with E-state index in [1.165, 1.54) is 36.8 Å². The summed E-state index contributed by atoms with van der Waals surface area (Å²) in [4.78, 5) is 17.3. The highest BCUT2D eigenvalue weighted by molar-refractivity contribution is 6.00. The van der Waals surface area contributed by atoms with Crippen LogP contribution in [0.1, 0.15) is 60.0 Å². The second kappa shape index (κ2) is 7.51. The Hall–Kier alpha value is -2.69. The van der Waals surface area contributed by atoms with Gasteiger partial charge in [0.05, 0.1) is 11.9 Å². The lowest BCUT2D eigenvalue weighted by Crippen LogP contribution is -2.34. The van der Waals surface area contributed by atoms with Crippen molar-refractivity contribution in [1.82, 2.24) is 19.9 Å². The third-order valence-corrected chi connectivity index (χ3v) is 5.64. The molecule has 0 aliphatic heterocycles. The van der Waals surface area contributed by atoms with Crippen LogP contribution in [0.5, 0.6) is 0 Å². The molecule has 0 spiro atoms. The van der Waals surface area contributed by atoms with Crippen LogP contribution >= 0.6 is 0 Å². The molecule has 3 aromatic rings. The number of fused-ring (bicyclic) bond motifs is 1. The summed E-state index contributed by atoms with van der Waals surface area (Å²) in [5, 5.41) is 7.67. The molecule has 2 aromatic heterocycles. The van der Waals surface area contributed by atoms with Crippen LogP contribution < -0.4 is 5.32 Å². The lowest BCUT2D eigenvalue weighted by Gasteiger charge is -2.15. The fourth-order valence-corrected chi connectivity index (χ4v) is 3.86. The van der Waals surface area contributed by atoms with Crippen LogP contribution in [0.2, 0.25) is 0 Å². The highest BCUT2D eigenvalue weighted by Crippen LogP contribution is 2.24. The fraction of sp³-hybridized carbons (Fsp3) is 0.409. The summed E-state index contributed by atoms with van der Waals surface area (Å²) in [5.74, 6) is -0.0679. The van der Waals surface area contributed by atoms with Crippen molar-refractivity contribution in [2.24, 2.45) is 0 Å². The summed E-state index contributed by atoms with van der Waals surface area (Å²) in [7, 11) is 0. The Labute approximate surface area is 159 Å². The molecular formula is C22H26N4O. The molecule has 5 nitrogen and oxygen atoms in total. The fourth-order valence-electron chi connectivity index (χ4n) is 3.86. The van der Waals surface area contributed by atoms with Crippen molar-refractivity contribution in [2.75, 3.05) is 0 Å². The first-order valence-corrected chi connectivity index (χ1v) is 9.85. The smallest absolute Gasteiger partial charge is 0.256 e. The Kier molecular flexibility index (Phi) is 4.92. The molecule has 1 aliphatic rings. The molecule has 1 aromatic carbocycles. The summed E-state index contributed by atoms with van der Waals surface area (Å²) >= 11 is 0. The number of aryl methyl sites for hydroxylation is 2. The van der Waals surface area contributed by atoms with E-state index in [0.29, 0.717) is 11.2 Å². The third-order valence-electron chi connectivity index (χ3n) is 5.64. The zero-order valence-corrected chi connectivity index (χ0v) is 16.0. The van der Waals surface area contributed by atoms with E-state index in [0.717, 1.165) is 24.1 Å². The van der Waals surface area contributed by atoms with Gasteiger partial charge < -0.3 is 5.32 Å². The summed E-state index contributed by atoms with van der Waals surface area (Å²) in [6, 6.07) is 8.55. The van der Waals surface area contributed by atoms with Crippen LogP contribution in [0.3, 0.4) is 0 Å². The number of aromatic nitrogens is 3. The van der Waals surface area contributed by atoms with Gasteiger partial charge >= 0.3 is 0 Å². The van der Waals surface area contributed by atoms with Gasteiger partial charge in [0.25, 0.3) is 5.91 Å². The molecule has 1 saturated carbocycles. The number of nitrogens with one attached hydrogen (secondary N) is 1. The maximum atomic E-state index is 12.8. The van der Waals surface area contributed by atoms with E-state index in [1.54, 1.807) is 16.9 Å². The van der Waals surface area contributed by atoms with Gasteiger partial charge in [-0.15, -0.1) is 0 Å². The first-order valence-electron chi connectivity index (χ1n) is 9.85. The molecule has 0 radical (unpaired) electrons. The summed E-state index contributed by atoms with van der Waals surface area (Å²) in [6.45, 7) is 4.21. The number of hydrogen-bond acceptors (Lipinski definition) is 3. The van der Waals surface area contributed by atoms with Crippen LogP contribution in [-0.2, 0) is 0 Å². The van der Waals surface area contributed by atoms with E-state index in [2.05, 4.69) is 47.4 Å². The van der Waals surface area contributed by atoms with Crippen LogP contribution in [-0.4, -0.2) is 26.5 Å². The number of benzene rings is 1. The minimum Gasteiger partial charge on any atom is -0.349 e. The van der Waals surface area contributed by atoms with Crippen molar-refractivity contribution in [1.29, 1.82) is 0 Å². The van der Waals surface area contributed by atoms with Crippen molar-refractivity contribution < 1.29 is 4.79 Å². The molecule has 1 amide bonds. The SMILES string of the molecule is Cc1ccc(-c2ccnc3c(C(=O)NC4CCCCCC4)cnn23)cc1C. The molecule has 0 atom stereocenters. The van der Waals surface area contributed by atoms with Crippen molar-refractivity contribution in [2.45, 2.75) is 58.4 Å². The topological polar surface area (TPSA) is 59.3 Å². The molecule has 2 heterocycles. The molecule has 0 unspecified atom stereocenters. The first-order chi connectivity index (χ1) is 13.1. The summed E-state index contributed by atoms with van der Waals surface area (Å²) in [5.41, 5.74) is 5.66. The number of carbonyl (C=O) groups is 1. The van der Waals surface area contributed by atoms with E-state index >= 15 is 0 Å². The molecule has 1 fully saturated rings. The van der Waals surface area contributed by atoms with Crippen molar-refractivity contribution in [3.63, 3.8) is 0 Å².